The SMILES string of the molecule is Cc1ccc(-n2c(SCC(=O)NCc3ccc(F)cc3)nc3ccsc3c2=O)cc1C. The summed E-state index contributed by atoms with van der Waals surface area (Å²) in [5.74, 6) is -0.404. The molecule has 4 rings (SSSR count). The first-order valence-corrected chi connectivity index (χ1v) is 11.5. The Labute approximate surface area is 187 Å². The minimum Gasteiger partial charge on any atom is -0.351 e. The number of hydrogen-bond donors (Lipinski definition) is 1. The Kier molecular flexibility index (Phi) is 6.20. The highest BCUT2D eigenvalue weighted by Gasteiger charge is 2.16. The standard InChI is InChI=1S/C23H20FN3O2S2/c1-14-3-8-18(11-15(14)2)27-22(29)21-19(9-10-30-21)26-23(27)31-13-20(28)25-12-16-4-6-17(24)7-5-16/h3-11H,12-13H2,1-2H3,(H,25,28). The van der Waals surface area contributed by atoms with Crippen molar-refractivity contribution in [3.05, 3.63) is 86.8 Å². The smallest absolute Gasteiger partial charge is 0.276 e. The van der Waals surface area contributed by atoms with Crippen LogP contribution >= 0.6 is 23.1 Å². The predicted molar refractivity (Wildman–Crippen MR) is 124 cm³/mol. The Balaban J connectivity index is 1.57. The minimum atomic E-state index is -0.315. The van der Waals surface area contributed by atoms with Crippen LogP contribution in [0.15, 0.2) is 63.9 Å². The molecule has 2 aromatic carbocycles. The van der Waals surface area contributed by atoms with Crippen molar-refractivity contribution in [1.29, 1.82) is 0 Å². The number of halogens is 1. The lowest BCUT2D eigenvalue weighted by atomic mass is 10.1. The molecule has 0 fully saturated rings. The van der Waals surface area contributed by atoms with Gasteiger partial charge in [0.05, 0.1) is 17.0 Å². The van der Waals surface area contributed by atoms with Gasteiger partial charge < -0.3 is 5.32 Å². The number of amides is 1. The molecule has 8 heteroatoms. The zero-order chi connectivity index (χ0) is 22.0. The van der Waals surface area contributed by atoms with Crippen LogP contribution in [0.2, 0.25) is 0 Å². The summed E-state index contributed by atoms with van der Waals surface area (Å²) in [6, 6.07) is 13.6. The average Bonchev–Trinajstić information content (AvgIpc) is 3.23. The van der Waals surface area contributed by atoms with E-state index < -0.39 is 0 Å². The van der Waals surface area contributed by atoms with Crippen molar-refractivity contribution in [1.82, 2.24) is 14.9 Å². The van der Waals surface area contributed by atoms with E-state index in [0.717, 1.165) is 22.4 Å². The van der Waals surface area contributed by atoms with Crippen molar-refractivity contribution in [2.45, 2.75) is 25.5 Å². The first-order chi connectivity index (χ1) is 14.9. The van der Waals surface area contributed by atoms with Gasteiger partial charge in [0.2, 0.25) is 5.91 Å². The molecule has 0 bridgehead atoms. The number of aryl methyl sites for hydroxylation is 2. The molecule has 0 radical (unpaired) electrons. The molecular weight excluding hydrogens is 433 g/mol. The van der Waals surface area contributed by atoms with Crippen molar-refractivity contribution in [3.8, 4) is 5.69 Å². The maximum absolute atomic E-state index is 13.2. The van der Waals surface area contributed by atoms with Gasteiger partial charge in [-0.1, -0.05) is 30.0 Å². The molecule has 2 aromatic heterocycles. The van der Waals surface area contributed by atoms with E-state index in [1.54, 1.807) is 16.7 Å². The van der Waals surface area contributed by atoms with Gasteiger partial charge in [-0.15, -0.1) is 11.3 Å². The molecule has 0 aliphatic carbocycles. The fourth-order valence-electron chi connectivity index (χ4n) is 3.07. The fraction of sp³-hybridized carbons (Fsp3) is 0.174. The van der Waals surface area contributed by atoms with Crippen LogP contribution in [0.5, 0.6) is 0 Å². The van der Waals surface area contributed by atoms with E-state index in [1.165, 1.54) is 35.2 Å². The molecule has 158 valence electrons. The van der Waals surface area contributed by atoms with Gasteiger partial charge in [0.25, 0.3) is 5.56 Å². The van der Waals surface area contributed by atoms with Crippen LogP contribution in [-0.4, -0.2) is 21.2 Å². The Morgan fingerprint density at radius 2 is 1.90 bits per heavy atom. The number of nitrogens with one attached hydrogen (secondary N) is 1. The number of nitrogens with zero attached hydrogens (tertiary/aromatic N) is 2. The van der Waals surface area contributed by atoms with Gasteiger partial charge in [0.1, 0.15) is 10.5 Å². The summed E-state index contributed by atoms with van der Waals surface area (Å²) in [5, 5.41) is 5.13. The maximum atomic E-state index is 13.2. The zero-order valence-electron chi connectivity index (χ0n) is 17.0. The number of hydrogen-bond acceptors (Lipinski definition) is 5. The minimum absolute atomic E-state index is 0.105. The first-order valence-electron chi connectivity index (χ1n) is 9.64. The second kappa shape index (κ2) is 9.03. The molecule has 0 unspecified atom stereocenters. The Bertz CT molecular complexity index is 1310. The topological polar surface area (TPSA) is 64.0 Å². The second-order valence-electron chi connectivity index (χ2n) is 7.13. The van der Waals surface area contributed by atoms with Crippen LogP contribution in [0.4, 0.5) is 4.39 Å². The van der Waals surface area contributed by atoms with Crippen molar-refractivity contribution in [3.63, 3.8) is 0 Å². The monoisotopic (exact) mass is 453 g/mol. The van der Waals surface area contributed by atoms with Crippen molar-refractivity contribution in [2.75, 3.05) is 5.75 Å². The molecule has 0 saturated heterocycles. The Morgan fingerprint density at radius 1 is 1.13 bits per heavy atom. The van der Waals surface area contributed by atoms with Crippen LogP contribution in [0, 0.1) is 19.7 Å². The van der Waals surface area contributed by atoms with E-state index in [2.05, 4.69) is 10.3 Å². The van der Waals surface area contributed by atoms with E-state index in [-0.39, 0.29) is 23.0 Å². The summed E-state index contributed by atoms with van der Waals surface area (Å²) in [4.78, 5) is 30.2. The predicted octanol–water partition coefficient (Wildman–Crippen LogP) is 4.61. The van der Waals surface area contributed by atoms with Crippen LogP contribution < -0.4 is 10.9 Å². The zero-order valence-corrected chi connectivity index (χ0v) is 18.6. The van der Waals surface area contributed by atoms with Gasteiger partial charge in [-0.3, -0.25) is 14.2 Å². The molecule has 31 heavy (non-hydrogen) atoms. The number of thioether (sulfide) groups is 1. The van der Waals surface area contributed by atoms with Gasteiger partial charge in [-0.2, -0.15) is 0 Å². The number of fused-ring (bicyclic) bond motifs is 1. The van der Waals surface area contributed by atoms with Gasteiger partial charge in [0, 0.05) is 6.54 Å². The van der Waals surface area contributed by atoms with Crippen LogP contribution in [0.1, 0.15) is 16.7 Å². The van der Waals surface area contributed by atoms with Gasteiger partial charge in [-0.25, -0.2) is 9.37 Å². The number of rotatable bonds is 6. The highest BCUT2D eigenvalue weighted by Crippen LogP contribution is 2.24. The molecule has 0 aliphatic rings. The molecule has 0 aliphatic heterocycles. The third kappa shape index (κ3) is 4.70. The van der Waals surface area contributed by atoms with Crippen LogP contribution in [0.3, 0.4) is 0 Å². The molecule has 1 N–H and O–H groups in total. The molecular formula is C23H20FN3O2S2. The summed E-state index contributed by atoms with van der Waals surface area (Å²) in [6.07, 6.45) is 0. The number of carbonyl (C=O) groups is 1. The van der Waals surface area contributed by atoms with Crippen molar-refractivity contribution >= 4 is 39.2 Å². The quantitative estimate of drug-likeness (QED) is 0.342. The van der Waals surface area contributed by atoms with Gasteiger partial charge in [-0.05, 0) is 66.2 Å². The van der Waals surface area contributed by atoms with E-state index in [9.17, 15) is 14.0 Å². The average molecular weight is 454 g/mol. The normalized spacial score (nSPS) is 11.1. The van der Waals surface area contributed by atoms with E-state index in [4.69, 9.17) is 0 Å². The lowest BCUT2D eigenvalue weighted by Crippen LogP contribution is -2.26. The molecule has 2 heterocycles. The number of benzene rings is 2. The molecule has 4 aromatic rings. The molecule has 0 atom stereocenters. The highest BCUT2D eigenvalue weighted by molar-refractivity contribution is 7.99. The lowest BCUT2D eigenvalue weighted by molar-refractivity contribution is -0.118. The molecule has 0 spiro atoms. The van der Waals surface area contributed by atoms with Crippen molar-refractivity contribution in [2.24, 2.45) is 0 Å². The Hall–Kier alpha value is -2.97. The van der Waals surface area contributed by atoms with Gasteiger partial charge in [0.15, 0.2) is 5.16 Å². The third-order valence-electron chi connectivity index (χ3n) is 4.93. The largest absolute Gasteiger partial charge is 0.351 e. The summed E-state index contributed by atoms with van der Waals surface area (Å²) >= 11 is 2.57. The van der Waals surface area contributed by atoms with E-state index >= 15 is 0 Å². The molecule has 1 amide bonds. The maximum Gasteiger partial charge on any atom is 0.276 e. The highest BCUT2D eigenvalue weighted by atomic mass is 32.2. The summed E-state index contributed by atoms with van der Waals surface area (Å²) in [7, 11) is 0. The summed E-state index contributed by atoms with van der Waals surface area (Å²) in [6.45, 7) is 4.32. The second-order valence-corrected chi connectivity index (χ2v) is 8.99. The van der Waals surface area contributed by atoms with Crippen LogP contribution in [0.25, 0.3) is 15.9 Å². The Morgan fingerprint density at radius 3 is 2.65 bits per heavy atom. The van der Waals surface area contributed by atoms with Crippen molar-refractivity contribution < 1.29 is 9.18 Å². The van der Waals surface area contributed by atoms with E-state index in [0.29, 0.717) is 21.9 Å². The van der Waals surface area contributed by atoms with Gasteiger partial charge >= 0.3 is 0 Å². The number of thiophene rings is 1. The van der Waals surface area contributed by atoms with Crippen LogP contribution in [-0.2, 0) is 11.3 Å². The number of carbonyl (C=O) groups excluding carboxylic acids is 1. The summed E-state index contributed by atoms with van der Waals surface area (Å²) in [5.41, 5.74) is 4.23. The fourth-order valence-corrected chi connectivity index (χ4v) is 4.67. The third-order valence-corrected chi connectivity index (χ3v) is 6.76. The molecule has 5 nitrogen and oxygen atoms in total. The molecule has 0 saturated carbocycles. The lowest BCUT2D eigenvalue weighted by Gasteiger charge is -2.13. The number of aromatic nitrogens is 2. The first kappa shape index (κ1) is 21.3. The summed E-state index contributed by atoms with van der Waals surface area (Å²) < 4.78 is 15.2. The van der Waals surface area contributed by atoms with E-state index in [1.807, 2.05) is 43.5 Å².